The number of rotatable bonds is 5. The van der Waals surface area contributed by atoms with Crippen LogP contribution >= 0.6 is 0 Å². The average molecular weight is 431 g/mol. The van der Waals surface area contributed by atoms with Gasteiger partial charge in [0, 0.05) is 25.7 Å². The first kappa shape index (κ1) is 20.4. The van der Waals surface area contributed by atoms with Crippen molar-refractivity contribution in [2.45, 2.75) is 19.6 Å². The molecule has 0 fully saturated rings. The quantitative estimate of drug-likeness (QED) is 0.667. The minimum Gasteiger partial charge on any atom is -0.330 e. The molecule has 1 N–H and O–H groups in total. The molecule has 11 heteroatoms. The van der Waals surface area contributed by atoms with E-state index in [-0.39, 0.29) is 31.1 Å². The van der Waals surface area contributed by atoms with E-state index in [1.807, 2.05) is 0 Å². The number of halogens is 3. The highest BCUT2D eigenvalue weighted by Gasteiger charge is 2.30. The molecule has 0 aliphatic carbocycles. The van der Waals surface area contributed by atoms with E-state index in [1.54, 1.807) is 6.07 Å². The lowest BCUT2D eigenvalue weighted by atomic mass is 10.2. The molecule has 8 nitrogen and oxygen atoms in total. The Hall–Kier alpha value is -3.89. The third-order valence-corrected chi connectivity index (χ3v) is 4.76. The van der Waals surface area contributed by atoms with Gasteiger partial charge in [-0.2, -0.15) is 0 Å². The topological polar surface area (TPSA) is 89.2 Å². The maximum atomic E-state index is 13.7. The van der Waals surface area contributed by atoms with Gasteiger partial charge in [-0.25, -0.2) is 22.6 Å². The van der Waals surface area contributed by atoms with Gasteiger partial charge in [-0.3, -0.25) is 14.2 Å². The van der Waals surface area contributed by atoms with Gasteiger partial charge in [0.1, 0.15) is 24.0 Å². The van der Waals surface area contributed by atoms with Crippen LogP contribution < -0.4 is 11.0 Å². The van der Waals surface area contributed by atoms with Crippen LogP contribution in [0.5, 0.6) is 0 Å². The molecule has 1 aliphatic rings. The fraction of sp³-hybridized carbons (Fsp3) is 0.200. The fourth-order valence-corrected chi connectivity index (χ4v) is 3.29. The van der Waals surface area contributed by atoms with Crippen LogP contribution in [0.15, 0.2) is 47.3 Å². The second-order valence-corrected chi connectivity index (χ2v) is 6.94. The highest BCUT2D eigenvalue weighted by atomic mass is 19.1. The molecule has 31 heavy (non-hydrogen) atoms. The Balaban J connectivity index is 1.49. The number of aromatic nitrogens is 3. The maximum absolute atomic E-state index is 13.7. The molecule has 0 spiro atoms. The first-order chi connectivity index (χ1) is 14.8. The summed E-state index contributed by atoms with van der Waals surface area (Å²) in [6.45, 7) is -0.0564. The normalized spacial score (nSPS) is 13.3. The molecule has 160 valence electrons. The Kier molecular flexibility index (Phi) is 5.32. The van der Waals surface area contributed by atoms with Crippen molar-refractivity contribution in [2.24, 2.45) is 0 Å². The van der Waals surface area contributed by atoms with Gasteiger partial charge in [0.05, 0.1) is 5.69 Å². The van der Waals surface area contributed by atoms with E-state index in [0.29, 0.717) is 11.6 Å². The van der Waals surface area contributed by atoms with Crippen molar-refractivity contribution in [3.63, 3.8) is 0 Å². The Bertz CT molecular complexity index is 1240. The molecule has 2 amide bonds. The van der Waals surface area contributed by atoms with E-state index >= 15 is 0 Å². The van der Waals surface area contributed by atoms with Crippen molar-refractivity contribution in [2.75, 3.05) is 11.9 Å². The summed E-state index contributed by atoms with van der Waals surface area (Å²) >= 11 is 0. The first-order valence-corrected chi connectivity index (χ1v) is 9.28. The summed E-state index contributed by atoms with van der Waals surface area (Å²) in [5.74, 6) is -3.63. The zero-order valence-corrected chi connectivity index (χ0v) is 16.0. The summed E-state index contributed by atoms with van der Waals surface area (Å²) < 4.78 is 42.0. The van der Waals surface area contributed by atoms with E-state index in [4.69, 9.17) is 0 Å². The SMILES string of the molecule is O=C(Cn1nc2n(c1=O)CCN(Cc1cccc(F)c1)C2=O)Nc1ccc(F)cc1F. The summed E-state index contributed by atoms with van der Waals surface area (Å²) in [5.41, 5.74) is -0.325. The zero-order valence-electron chi connectivity index (χ0n) is 16.0. The molecular weight excluding hydrogens is 415 g/mol. The van der Waals surface area contributed by atoms with E-state index in [1.165, 1.54) is 23.1 Å². The van der Waals surface area contributed by atoms with Gasteiger partial charge in [-0.1, -0.05) is 12.1 Å². The maximum Gasteiger partial charge on any atom is 0.346 e. The Morgan fingerprint density at radius 1 is 1.03 bits per heavy atom. The van der Waals surface area contributed by atoms with Crippen molar-refractivity contribution in [1.29, 1.82) is 0 Å². The van der Waals surface area contributed by atoms with Crippen LogP contribution in [-0.2, 0) is 24.4 Å². The van der Waals surface area contributed by atoms with Crippen LogP contribution in [0.1, 0.15) is 16.2 Å². The van der Waals surface area contributed by atoms with Crippen molar-refractivity contribution in [3.8, 4) is 0 Å². The van der Waals surface area contributed by atoms with Gasteiger partial charge in [-0.15, -0.1) is 5.10 Å². The largest absolute Gasteiger partial charge is 0.346 e. The van der Waals surface area contributed by atoms with Crippen molar-refractivity contribution in [1.82, 2.24) is 19.2 Å². The second-order valence-electron chi connectivity index (χ2n) is 6.94. The Labute approximate surface area is 173 Å². The summed E-state index contributed by atoms with van der Waals surface area (Å²) in [6.07, 6.45) is 0. The van der Waals surface area contributed by atoms with Gasteiger partial charge in [-0.05, 0) is 29.8 Å². The molecule has 0 unspecified atom stereocenters. The monoisotopic (exact) mass is 431 g/mol. The van der Waals surface area contributed by atoms with Crippen LogP contribution in [0, 0.1) is 17.5 Å². The Morgan fingerprint density at radius 2 is 1.81 bits per heavy atom. The smallest absolute Gasteiger partial charge is 0.330 e. The molecule has 3 aromatic rings. The highest BCUT2D eigenvalue weighted by molar-refractivity contribution is 5.92. The number of hydrogen-bond acceptors (Lipinski definition) is 4. The van der Waals surface area contributed by atoms with Gasteiger partial charge < -0.3 is 10.2 Å². The van der Waals surface area contributed by atoms with E-state index in [2.05, 4.69) is 10.4 Å². The predicted octanol–water partition coefficient (Wildman–Crippen LogP) is 1.76. The Morgan fingerprint density at radius 3 is 2.55 bits per heavy atom. The van der Waals surface area contributed by atoms with Crippen LogP contribution in [-0.4, -0.2) is 37.6 Å². The van der Waals surface area contributed by atoms with Crippen LogP contribution in [0.25, 0.3) is 0 Å². The summed E-state index contributed by atoms with van der Waals surface area (Å²) in [6, 6.07) is 8.46. The molecule has 0 bridgehead atoms. The number of nitrogens with one attached hydrogen (secondary N) is 1. The number of carbonyl (C=O) groups is 2. The molecule has 0 saturated heterocycles. The standard InChI is InChI=1S/C20H16F3N5O3/c21-13-3-1-2-12(8-13)10-26-6-7-27-18(19(26)30)25-28(20(27)31)11-17(29)24-16-5-4-14(22)9-15(16)23/h1-5,8-9H,6-7,10-11H2,(H,24,29). The molecular formula is C20H16F3N5O3. The summed E-state index contributed by atoms with van der Waals surface area (Å²) in [5, 5.41) is 6.18. The molecule has 4 rings (SSSR count). The number of anilines is 1. The zero-order chi connectivity index (χ0) is 22.1. The molecule has 1 aliphatic heterocycles. The highest BCUT2D eigenvalue weighted by Crippen LogP contribution is 2.16. The molecule has 2 aromatic carbocycles. The first-order valence-electron chi connectivity index (χ1n) is 9.28. The fourth-order valence-electron chi connectivity index (χ4n) is 3.29. The van der Waals surface area contributed by atoms with Gasteiger partial charge >= 0.3 is 5.69 Å². The number of nitrogens with zero attached hydrogens (tertiary/aromatic N) is 4. The van der Waals surface area contributed by atoms with Crippen molar-refractivity contribution in [3.05, 3.63) is 81.8 Å². The molecule has 2 heterocycles. The van der Waals surface area contributed by atoms with Gasteiger partial charge in [0.2, 0.25) is 11.7 Å². The van der Waals surface area contributed by atoms with Gasteiger partial charge in [0.25, 0.3) is 5.91 Å². The minimum atomic E-state index is -0.965. The average Bonchev–Trinajstić information content (AvgIpc) is 3.03. The third kappa shape index (κ3) is 4.20. The number of benzene rings is 2. The predicted molar refractivity (Wildman–Crippen MR) is 103 cm³/mol. The lowest BCUT2D eigenvalue weighted by Crippen LogP contribution is -2.42. The molecule has 0 atom stereocenters. The summed E-state index contributed by atoms with van der Waals surface area (Å²) in [7, 11) is 0. The minimum absolute atomic E-state index is 0.141. The third-order valence-electron chi connectivity index (χ3n) is 4.76. The lowest BCUT2D eigenvalue weighted by molar-refractivity contribution is -0.117. The van der Waals surface area contributed by atoms with Crippen LogP contribution in [0.4, 0.5) is 18.9 Å². The number of amides is 2. The van der Waals surface area contributed by atoms with Crippen molar-refractivity contribution >= 4 is 17.5 Å². The summed E-state index contributed by atoms with van der Waals surface area (Å²) in [4.78, 5) is 38.9. The lowest BCUT2D eigenvalue weighted by Gasteiger charge is -2.26. The van der Waals surface area contributed by atoms with Crippen LogP contribution in [0.3, 0.4) is 0 Å². The number of hydrogen-bond donors (Lipinski definition) is 1. The number of fused-ring (bicyclic) bond motifs is 1. The number of carbonyl (C=O) groups excluding carboxylic acids is 2. The van der Waals surface area contributed by atoms with E-state index in [0.717, 1.165) is 21.4 Å². The van der Waals surface area contributed by atoms with E-state index in [9.17, 15) is 27.6 Å². The van der Waals surface area contributed by atoms with Crippen molar-refractivity contribution < 1.29 is 22.8 Å². The molecule has 1 aromatic heterocycles. The molecule has 0 saturated carbocycles. The van der Waals surface area contributed by atoms with E-state index < -0.39 is 41.5 Å². The second kappa shape index (κ2) is 8.09. The van der Waals surface area contributed by atoms with Gasteiger partial charge in [0.15, 0.2) is 0 Å². The molecule has 0 radical (unpaired) electrons. The van der Waals surface area contributed by atoms with Crippen LogP contribution in [0.2, 0.25) is 0 Å².